The number of carbonyl (C=O) groups is 2. The summed E-state index contributed by atoms with van der Waals surface area (Å²) in [6.07, 6.45) is 1.59. The van der Waals surface area contributed by atoms with Crippen molar-refractivity contribution in [1.29, 1.82) is 0 Å². The molecule has 1 fully saturated rings. The third kappa shape index (κ3) is 4.42. The molecule has 11 heteroatoms. The van der Waals surface area contributed by atoms with Crippen LogP contribution in [0, 0.1) is 0 Å². The van der Waals surface area contributed by atoms with Gasteiger partial charge in [-0.25, -0.2) is 8.42 Å². The van der Waals surface area contributed by atoms with Gasteiger partial charge in [0.25, 0.3) is 5.91 Å². The number of phenolic OH excluding ortho intramolecular Hbond substituents is 1. The van der Waals surface area contributed by atoms with Gasteiger partial charge in [-0.1, -0.05) is 0 Å². The Kier molecular flexibility index (Phi) is 5.70. The first-order chi connectivity index (χ1) is 14.8. The van der Waals surface area contributed by atoms with Crippen LogP contribution in [0.3, 0.4) is 0 Å². The van der Waals surface area contributed by atoms with Gasteiger partial charge in [-0.2, -0.15) is 4.31 Å². The van der Waals surface area contributed by atoms with Crippen LogP contribution in [-0.4, -0.2) is 56.1 Å². The zero-order valence-electron chi connectivity index (χ0n) is 16.5. The van der Waals surface area contributed by atoms with E-state index in [0.29, 0.717) is 30.2 Å². The molecular formula is C20H21N3O7S. The lowest BCUT2D eigenvalue weighted by molar-refractivity contribution is -0.115. The van der Waals surface area contributed by atoms with E-state index in [1.165, 1.54) is 28.6 Å². The number of hydrogen-bond acceptors (Lipinski definition) is 7. The van der Waals surface area contributed by atoms with E-state index in [2.05, 4.69) is 10.6 Å². The molecule has 0 bridgehead atoms. The first-order valence-electron chi connectivity index (χ1n) is 9.65. The fourth-order valence-electron chi connectivity index (χ4n) is 3.35. The van der Waals surface area contributed by atoms with E-state index >= 15 is 0 Å². The molecule has 0 saturated carbocycles. The largest absolute Gasteiger partial charge is 0.506 e. The van der Waals surface area contributed by atoms with E-state index in [1.807, 2.05) is 0 Å². The zero-order chi connectivity index (χ0) is 22.0. The summed E-state index contributed by atoms with van der Waals surface area (Å²) in [7, 11) is -3.70. The van der Waals surface area contributed by atoms with E-state index in [9.17, 15) is 23.1 Å². The van der Waals surface area contributed by atoms with Gasteiger partial charge in [0.2, 0.25) is 22.7 Å². The second kappa shape index (κ2) is 8.44. The molecule has 0 spiro atoms. The summed E-state index contributed by atoms with van der Waals surface area (Å²) in [5.41, 5.74) is 0.237. The van der Waals surface area contributed by atoms with Gasteiger partial charge in [0.15, 0.2) is 11.5 Å². The molecule has 2 heterocycles. The third-order valence-electron chi connectivity index (χ3n) is 4.99. The predicted octanol–water partition coefficient (Wildman–Crippen LogP) is 1.27. The third-order valence-corrected chi connectivity index (χ3v) is 6.88. The number of aromatic hydroxyl groups is 1. The van der Waals surface area contributed by atoms with Gasteiger partial charge in [0.1, 0.15) is 5.75 Å². The average Bonchev–Trinajstić information content (AvgIpc) is 3.45. The Morgan fingerprint density at radius 2 is 1.77 bits per heavy atom. The van der Waals surface area contributed by atoms with Gasteiger partial charge in [0, 0.05) is 18.7 Å². The summed E-state index contributed by atoms with van der Waals surface area (Å²) in [6.45, 7) is 0.586. The number of nitrogens with one attached hydrogen (secondary N) is 2. The Bertz CT molecular complexity index is 1130. The summed E-state index contributed by atoms with van der Waals surface area (Å²) in [4.78, 5) is 24.5. The van der Waals surface area contributed by atoms with Crippen LogP contribution in [0.1, 0.15) is 23.2 Å². The van der Waals surface area contributed by atoms with Gasteiger partial charge in [-0.15, -0.1) is 0 Å². The Hall–Kier alpha value is -3.31. The lowest BCUT2D eigenvalue weighted by Crippen LogP contribution is -2.33. The van der Waals surface area contributed by atoms with Gasteiger partial charge >= 0.3 is 0 Å². The molecule has 1 saturated heterocycles. The number of anilines is 1. The van der Waals surface area contributed by atoms with Crippen molar-refractivity contribution >= 4 is 27.5 Å². The SMILES string of the molecule is O=C(CNC(=O)c1ccc2c(c1)OCO2)Nc1cc(S(=O)(=O)N2CCCC2)ccc1O. The molecule has 2 aromatic carbocycles. The standard InChI is InChI=1S/C20H21N3O7S/c24-16-5-4-14(31(27,28)23-7-1-2-8-23)10-15(16)22-19(25)11-21-20(26)13-3-6-17-18(9-13)30-12-29-17/h3-6,9-10,24H,1-2,7-8,11-12H2,(H,21,26)(H,22,25). The maximum atomic E-state index is 12.7. The highest BCUT2D eigenvalue weighted by atomic mass is 32.2. The van der Waals surface area contributed by atoms with E-state index in [1.54, 1.807) is 12.1 Å². The van der Waals surface area contributed by atoms with Crippen LogP contribution in [0.4, 0.5) is 5.69 Å². The molecule has 2 aliphatic heterocycles. The minimum atomic E-state index is -3.70. The molecule has 3 N–H and O–H groups in total. The Morgan fingerprint density at radius 3 is 2.55 bits per heavy atom. The number of fused-ring (bicyclic) bond motifs is 1. The van der Waals surface area contributed by atoms with Gasteiger partial charge in [0.05, 0.1) is 17.1 Å². The van der Waals surface area contributed by atoms with E-state index in [4.69, 9.17) is 9.47 Å². The monoisotopic (exact) mass is 447 g/mol. The second-order valence-corrected chi connectivity index (χ2v) is 9.03. The van der Waals surface area contributed by atoms with Gasteiger partial charge in [-0.05, 0) is 49.2 Å². The van der Waals surface area contributed by atoms with Crippen LogP contribution in [0.5, 0.6) is 17.2 Å². The number of phenols is 1. The smallest absolute Gasteiger partial charge is 0.251 e. The summed E-state index contributed by atoms with van der Waals surface area (Å²) < 4.78 is 37.2. The molecule has 164 valence electrons. The molecule has 0 atom stereocenters. The van der Waals surface area contributed by atoms with Crippen LogP contribution < -0.4 is 20.1 Å². The minimum absolute atomic E-state index is 0.0214. The summed E-state index contributed by atoms with van der Waals surface area (Å²) in [6, 6.07) is 8.36. The van der Waals surface area contributed by atoms with Gasteiger partial charge in [-0.3, -0.25) is 9.59 Å². The van der Waals surface area contributed by atoms with Crippen molar-refractivity contribution < 1.29 is 32.6 Å². The van der Waals surface area contributed by atoms with Crippen molar-refractivity contribution in [2.75, 3.05) is 31.7 Å². The number of nitrogens with zero attached hydrogens (tertiary/aromatic N) is 1. The maximum Gasteiger partial charge on any atom is 0.251 e. The van der Waals surface area contributed by atoms with E-state index in [-0.39, 0.29) is 29.7 Å². The van der Waals surface area contributed by atoms with Crippen molar-refractivity contribution in [2.24, 2.45) is 0 Å². The Labute approximate surface area is 178 Å². The molecule has 31 heavy (non-hydrogen) atoms. The fraction of sp³-hybridized carbons (Fsp3) is 0.300. The van der Waals surface area contributed by atoms with Gasteiger partial charge < -0.3 is 25.2 Å². The molecule has 2 aliphatic rings. The van der Waals surface area contributed by atoms with Crippen molar-refractivity contribution in [3.05, 3.63) is 42.0 Å². The topological polar surface area (TPSA) is 134 Å². The Balaban J connectivity index is 1.39. The van der Waals surface area contributed by atoms with Crippen LogP contribution in [-0.2, 0) is 14.8 Å². The molecule has 4 rings (SSSR count). The molecule has 0 aromatic heterocycles. The van der Waals surface area contributed by atoms with Crippen LogP contribution >= 0.6 is 0 Å². The molecular weight excluding hydrogens is 426 g/mol. The highest BCUT2D eigenvalue weighted by Crippen LogP contribution is 2.32. The number of amides is 2. The van der Waals surface area contributed by atoms with Crippen LogP contribution in [0.2, 0.25) is 0 Å². The Morgan fingerprint density at radius 1 is 1.03 bits per heavy atom. The zero-order valence-corrected chi connectivity index (χ0v) is 17.3. The fourth-order valence-corrected chi connectivity index (χ4v) is 4.89. The van der Waals surface area contributed by atoms with Crippen molar-refractivity contribution in [3.8, 4) is 17.2 Å². The van der Waals surface area contributed by atoms with E-state index < -0.39 is 21.8 Å². The highest BCUT2D eigenvalue weighted by molar-refractivity contribution is 7.89. The lowest BCUT2D eigenvalue weighted by Gasteiger charge is -2.16. The summed E-state index contributed by atoms with van der Waals surface area (Å²) in [5.74, 6) is -0.425. The lowest BCUT2D eigenvalue weighted by atomic mass is 10.2. The number of benzene rings is 2. The van der Waals surface area contributed by atoms with Crippen molar-refractivity contribution in [2.45, 2.75) is 17.7 Å². The number of ether oxygens (including phenoxy) is 2. The van der Waals surface area contributed by atoms with Crippen molar-refractivity contribution in [3.63, 3.8) is 0 Å². The molecule has 10 nitrogen and oxygen atoms in total. The number of carbonyl (C=O) groups excluding carboxylic acids is 2. The number of rotatable bonds is 6. The normalized spacial score (nSPS) is 15.6. The predicted molar refractivity (Wildman–Crippen MR) is 110 cm³/mol. The van der Waals surface area contributed by atoms with Crippen LogP contribution in [0.25, 0.3) is 0 Å². The molecule has 0 unspecified atom stereocenters. The molecule has 0 aliphatic carbocycles. The number of sulfonamides is 1. The molecule has 0 radical (unpaired) electrons. The molecule has 2 aromatic rings. The molecule has 2 amide bonds. The summed E-state index contributed by atoms with van der Waals surface area (Å²) >= 11 is 0. The first kappa shape index (κ1) is 20.9. The summed E-state index contributed by atoms with van der Waals surface area (Å²) in [5, 5.41) is 14.9. The van der Waals surface area contributed by atoms with E-state index in [0.717, 1.165) is 12.8 Å². The second-order valence-electron chi connectivity index (χ2n) is 7.09. The maximum absolute atomic E-state index is 12.7. The number of hydrogen-bond donors (Lipinski definition) is 3. The highest BCUT2D eigenvalue weighted by Gasteiger charge is 2.28. The minimum Gasteiger partial charge on any atom is -0.506 e. The van der Waals surface area contributed by atoms with Crippen molar-refractivity contribution in [1.82, 2.24) is 9.62 Å². The quantitative estimate of drug-likeness (QED) is 0.568. The van der Waals surface area contributed by atoms with Crippen LogP contribution in [0.15, 0.2) is 41.3 Å². The average molecular weight is 447 g/mol. The first-order valence-corrected chi connectivity index (χ1v) is 11.1.